The van der Waals surface area contributed by atoms with Gasteiger partial charge in [0.05, 0.1) is 11.3 Å². The number of hydrogen-bond acceptors (Lipinski definition) is 4. The first-order valence-electron chi connectivity index (χ1n) is 7.38. The number of aryl methyl sites for hydroxylation is 1. The second kappa shape index (κ2) is 5.89. The van der Waals surface area contributed by atoms with Crippen molar-refractivity contribution in [2.24, 2.45) is 0 Å². The highest BCUT2D eigenvalue weighted by Crippen LogP contribution is 2.33. The minimum absolute atomic E-state index is 0.370. The third kappa shape index (κ3) is 2.64. The van der Waals surface area contributed by atoms with E-state index in [-0.39, 0.29) is 5.63 Å². The van der Waals surface area contributed by atoms with Gasteiger partial charge in [-0.15, -0.1) is 11.3 Å². The molecule has 0 N–H and O–H groups in total. The Bertz CT molecular complexity index is 1100. The predicted molar refractivity (Wildman–Crippen MR) is 98.8 cm³/mol. The molecule has 0 spiro atoms. The number of nitrogens with zero attached hydrogens (tertiary/aromatic N) is 1. The lowest BCUT2D eigenvalue weighted by molar-refractivity contribution is 0.563. The zero-order valence-corrected chi connectivity index (χ0v) is 14.3. The largest absolute Gasteiger partial charge is 0.422 e. The van der Waals surface area contributed by atoms with Crippen LogP contribution >= 0.6 is 22.9 Å². The topological polar surface area (TPSA) is 43.1 Å². The molecule has 3 nitrogen and oxygen atoms in total. The number of aromatic nitrogens is 1. The van der Waals surface area contributed by atoms with Crippen LogP contribution in [0.25, 0.3) is 32.8 Å². The molecule has 0 aliphatic rings. The lowest BCUT2D eigenvalue weighted by atomic mass is 10.1. The zero-order valence-electron chi connectivity index (χ0n) is 12.7. The Morgan fingerprint density at radius 3 is 2.62 bits per heavy atom. The molecule has 4 aromatic rings. The average Bonchev–Trinajstić information content (AvgIpc) is 2.96. The molecule has 4 rings (SSSR count). The molecule has 5 heteroatoms. The van der Waals surface area contributed by atoms with Crippen molar-refractivity contribution >= 4 is 33.9 Å². The van der Waals surface area contributed by atoms with Crippen molar-refractivity contribution < 1.29 is 4.42 Å². The van der Waals surface area contributed by atoms with Crippen LogP contribution in [0.4, 0.5) is 0 Å². The summed E-state index contributed by atoms with van der Waals surface area (Å²) in [6.45, 7) is 1.99. The van der Waals surface area contributed by atoms with Crippen molar-refractivity contribution in [1.29, 1.82) is 0 Å². The Hall–Kier alpha value is -2.43. The van der Waals surface area contributed by atoms with Crippen molar-refractivity contribution in [3.8, 4) is 21.8 Å². The first-order chi connectivity index (χ1) is 11.6. The number of hydrogen-bond donors (Lipinski definition) is 0. The molecule has 2 aromatic carbocycles. The molecular formula is C19H12ClNO2S. The highest BCUT2D eigenvalue weighted by molar-refractivity contribution is 7.15. The van der Waals surface area contributed by atoms with Gasteiger partial charge in [0.1, 0.15) is 10.6 Å². The van der Waals surface area contributed by atoms with E-state index in [0.29, 0.717) is 21.2 Å². The van der Waals surface area contributed by atoms with Crippen LogP contribution in [-0.4, -0.2) is 4.98 Å². The molecule has 2 heterocycles. The van der Waals surface area contributed by atoms with Gasteiger partial charge in [-0.25, -0.2) is 9.78 Å². The number of benzene rings is 2. The quantitative estimate of drug-likeness (QED) is 0.444. The summed E-state index contributed by atoms with van der Waals surface area (Å²) < 4.78 is 5.41. The molecule has 0 amide bonds. The van der Waals surface area contributed by atoms with Gasteiger partial charge in [-0.1, -0.05) is 41.9 Å². The van der Waals surface area contributed by atoms with Crippen molar-refractivity contribution in [3.63, 3.8) is 0 Å². The Morgan fingerprint density at radius 1 is 1.08 bits per heavy atom. The van der Waals surface area contributed by atoms with Crippen LogP contribution < -0.4 is 5.63 Å². The third-order valence-electron chi connectivity index (χ3n) is 3.79. The zero-order chi connectivity index (χ0) is 16.7. The van der Waals surface area contributed by atoms with Crippen molar-refractivity contribution in [3.05, 3.63) is 74.9 Å². The smallest absolute Gasteiger partial charge is 0.346 e. The minimum atomic E-state index is -0.370. The molecule has 0 fully saturated rings. The summed E-state index contributed by atoms with van der Waals surface area (Å²) in [5.74, 6) is 0. The molecule has 0 radical (unpaired) electrons. The monoisotopic (exact) mass is 353 g/mol. The van der Waals surface area contributed by atoms with E-state index in [1.807, 2.05) is 55.5 Å². The molecule has 0 aliphatic heterocycles. The maximum absolute atomic E-state index is 12.3. The van der Waals surface area contributed by atoms with Gasteiger partial charge >= 0.3 is 5.63 Å². The lowest BCUT2D eigenvalue weighted by Gasteiger charge is -1.99. The maximum Gasteiger partial charge on any atom is 0.346 e. The SMILES string of the molecule is Cc1sc(-c2cc3ccccc3oc2=O)nc1-c1ccc(Cl)cc1. The second-order valence-electron chi connectivity index (χ2n) is 5.42. The second-order valence-corrected chi connectivity index (χ2v) is 7.06. The summed E-state index contributed by atoms with van der Waals surface area (Å²) in [5.41, 5.74) is 2.54. The Labute approximate surface area is 147 Å². The molecule has 0 saturated heterocycles. The van der Waals surface area contributed by atoms with Crippen LogP contribution in [0, 0.1) is 6.92 Å². The van der Waals surface area contributed by atoms with Gasteiger partial charge in [-0.2, -0.15) is 0 Å². The van der Waals surface area contributed by atoms with Crippen molar-refractivity contribution in [1.82, 2.24) is 4.98 Å². The fourth-order valence-corrected chi connectivity index (χ4v) is 3.66. The van der Waals surface area contributed by atoms with Gasteiger partial charge in [0.25, 0.3) is 0 Å². The van der Waals surface area contributed by atoms with Crippen LogP contribution in [0.5, 0.6) is 0 Å². The van der Waals surface area contributed by atoms with Crippen molar-refractivity contribution in [2.45, 2.75) is 6.92 Å². The fourth-order valence-electron chi connectivity index (χ4n) is 2.60. The summed E-state index contributed by atoms with van der Waals surface area (Å²) in [5, 5.41) is 2.23. The minimum Gasteiger partial charge on any atom is -0.422 e. The molecule has 0 unspecified atom stereocenters. The van der Waals surface area contributed by atoms with Crippen LogP contribution in [0.2, 0.25) is 5.02 Å². The predicted octanol–water partition coefficient (Wildman–Crippen LogP) is 5.55. The summed E-state index contributed by atoms with van der Waals surface area (Å²) >= 11 is 7.43. The van der Waals surface area contributed by atoms with Crippen LogP contribution in [0.3, 0.4) is 0 Å². The van der Waals surface area contributed by atoms with E-state index in [1.54, 1.807) is 6.07 Å². The lowest BCUT2D eigenvalue weighted by Crippen LogP contribution is -2.02. The molecule has 24 heavy (non-hydrogen) atoms. The van der Waals surface area contributed by atoms with E-state index < -0.39 is 0 Å². The van der Waals surface area contributed by atoms with Crippen LogP contribution in [-0.2, 0) is 0 Å². The van der Waals surface area contributed by atoms with Gasteiger partial charge < -0.3 is 4.42 Å². The number of para-hydroxylation sites is 1. The summed E-state index contributed by atoms with van der Waals surface area (Å²) in [6.07, 6.45) is 0. The summed E-state index contributed by atoms with van der Waals surface area (Å²) in [6, 6.07) is 16.8. The standard InChI is InChI=1S/C19H12ClNO2S/c1-11-17(12-6-8-14(20)9-7-12)21-18(24-11)15-10-13-4-2-3-5-16(13)23-19(15)22/h2-10H,1H3. The third-order valence-corrected chi connectivity index (χ3v) is 5.04. The Balaban J connectivity index is 1.86. The number of halogens is 1. The number of thiazole rings is 1. The van der Waals surface area contributed by atoms with E-state index in [9.17, 15) is 4.79 Å². The van der Waals surface area contributed by atoms with Gasteiger partial charge in [-0.3, -0.25) is 0 Å². The molecule has 0 saturated carbocycles. The van der Waals surface area contributed by atoms with Crippen molar-refractivity contribution in [2.75, 3.05) is 0 Å². The van der Waals surface area contributed by atoms with Gasteiger partial charge in [0.15, 0.2) is 0 Å². The molecule has 0 aliphatic carbocycles. The normalized spacial score (nSPS) is 11.1. The maximum atomic E-state index is 12.3. The van der Waals surface area contributed by atoms with Crippen LogP contribution in [0.1, 0.15) is 4.88 Å². The number of fused-ring (bicyclic) bond motifs is 1. The van der Waals surface area contributed by atoms with Gasteiger partial charge in [0, 0.05) is 20.8 Å². The Kier molecular flexibility index (Phi) is 3.71. The van der Waals surface area contributed by atoms with E-state index in [0.717, 1.165) is 21.5 Å². The van der Waals surface area contributed by atoms with E-state index in [4.69, 9.17) is 16.0 Å². The van der Waals surface area contributed by atoms with Gasteiger partial charge in [0.2, 0.25) is 0 Å². The molecule has 2 aromatic heterocycles. The summed E-state index contributed by atoms with van der Waals surface area (Å²) in [4.78, 5) is 18.0. The average molecular weight is 354 g/mol. The molecular weight excluding hydrogens is 342 g/mol. The van der Waals surface area contributed by atoms with E-state index in [2.05, 4.69) is 4.98 Å². The number of rotatable bonds is 2. The molecule has 118 valence electrons. The summed E-state index contributed by atoms with van der Waals surface area (Å²) in [7, 11) is 0. The Morgan fingerprint density at radius 2 is 1.83 bits per heavy atom. The molecule has 0 bridgehead atoms. The van der Waals surface area contributed by atoms with E-state index in [1.165, 1.54) is 11.3 Å². The van der Waals surface area contributed by atoms with Crippen LogP contribution in [0.15, 0.2) is 63.8 Å². The van der Waals surface area contributed by atoms with E-state index >= 15 is 0 Å². The molecule has 0 atom stereocenters. The first kappa shape index (κ1) is 15.1. The fraction of sp³-hybridized carbons (Fsp3) is 0.0526. The highest BCUT2D eigenvalue weighted by atomic mass is 35.5. The first-order valence-corrected chi connectivity index (χ1v) is 8.58. The van der Waals surface area contributed by atoms with Gasteiger partial charge in [-0.05, 0) is 31.2 Å². The highest BCUT2D eigenvalue weighted by Gasteiger charge is 2.15.